The predicted octanol–water partition coefficient (Wildman–Crippen LogP) is 2.67. The first-order valence-electron chi connectivity index (χ1n) is 7.80. The molecule has 2 saturated carbocycles. The molecule has 4 heteroatoms. The molecule has 2 aliphatic carbocycles. The highest BCUT2D eigenvalue weighted by atomic mass is 19.1. The Morgan fingerprint density at radius 3 is 2.24 bits per heavy atom. The van der Waals surface area contributed by atoms with Gasteiger partial charge in [-0.05, 0) is 43.4 Å². The molecule has 1 aromatic rings. The van der Waals surface area contributed by atoms with Crippen LogP contribution < -0.4 is 5.32 Å². The first-order chi connectivity index (χ1) is 10.1. The number of carbonyl (C=O) groups excluding carboxylic acids is 1. The van der Waals surface area contributed by atoms with Crippen LogP contribution in [0.15, 0.2) is 24.3 Å². The molecule has 2 aliphatic rings. The van der Waals surface area contributed by atoms with Crippen LogP contribution in [0.5, 0.6) is 0 Å². The summed E-state index contributed by atoms with van der Waals surface area (Å²) in [4.78, 5) is 12.7. The van der Waals surface area contributed by atoms with Gasteiger partial charge in [0.25, 0.3) is 0 Å². The molecular formula is C17H22FNO2. The van der Waals surface area contributed by atoms with Gasteiger partial charge in [0.15, 0.2) is 0 Å². The third-order valence-electron chi connectivity index (χ3n) is 5.07. The number of aliphatic hydroxyl groups is 1. The molecule has 3 rings (SSSR count). The Labute approximate surface area is 124 Å². The van der Waals surface area contributed by atoms with Gasteiger partial charge in [0.2, 0.25) is 5.91 Å². The number of rotatable bonds is 4. The standard InChI is InChI=1S/C17H22FNO2/c18-14-6-4-13(5-7-14)17(10-11-17)15(21)19-16(12-20)8-2-1-3-9-16/h4-7,20H,1-3,8-12H2,(H,19,21). The number of benzene rings is 1. The summed E-state index contributed by atoms with van der Waals surface area (Å²) in [7, 11) is 0. The monoisotopic (exact) mass is 291 g/mol. The molecular weight excluding hydrogens is 269 g/mol. The lowest BCUT2D eigenvalue weighted by Gasteiger charge is -2.37. The van der Waals surface area contributed by atoms with Crippen molar-refractivity contribution < 1.29 is 14.3 Å². The van der Waals surface area contributed by atoms with E-state index in [-0.39, 0.29) is 18.3 Å². The van der Waals surface area contributed by atoms with Crippen molar-refractivity contribution in [1.29, 1.82) is 0 Å². The number of aliphatic hydroxyl groups excluding tert-OH is 1. The van der Waals surface area contributed by atoms with Crippen LogP contribution in [0.25, 0.3) is 0 Å². The molecule has 2 fully saturated rings. The molecule has 114 valence electrons. The maximum absolute atomic E-state index is 13.1. The van der Waals surface area contributed by atoms with Gasteiger partial charge in [0.1, 0.15) is 5.82 Å². The van der Waals surface area contributed by atoms with E-state index in [1.54, 1.807) is 12.1 Å². The fraction of sp³-hybridized carbons (Fsp3) is 0.588. The lowest BCUT2D eigenvalue weighted by atomic mass is 9.81. The Balaban J connectivity index is 1.76. The quantitative estimate of drug-likeness (QED) is 0.896. The van der Waals surface area contributed by atoms with Crippen LogP contribution in [-0.4, -0.2) is 23.2 Å². The Bertz CT molecular complexity index is 516. The number of carbonyl (C=O) groups is 1. The van der Waals surface area contributed by atoms with E-state index < -0.39 is 11.0 Å². The minimum atomic E-state index is -0.507. The Hall–Kier alpha value is -1.42. The summed E-state index contributed by atoms with van der Waals surface area (Å²) in [6.07, 6.45) is 6.54. The first-order valence-corrected chi connectivity index (χ1v) is 7.80. The summed E-state index contributed by atoms with van der Waals surface area (Å²) in [5.74, 6) is -0.292. The van der Waals surface area contributed by atoms with Gasteiger partial charge in [-0.1, -0.05) is 31.4 Å². The van der Waals surface area contributed by atoms with E-state index in [0.29, 0.717) is 0 Å². The second kappa shape index (κ2) is 5.41. The lowest BCUT2D eigenvalue weighted by molar-refractivity contribution is -0.126. The van der Waals surface area contributed by atoms with Gasteiger partial charge in [-0.25, -0.2) is 4.39 Å². The van der Waals surface area contributed by atoms with Gasteiger partial charge in [-0.2, -0.15) is 0 Å². The first kappa shape index (κ1) is 14.5. The summed E-state index contributed by atoms with van der Waals surface area (Å²) in [5, 5.41) is 12.8. The van der Waals surface area contributed by atoms with Crippen LogP contribution in [0.4, 0.5) is 4.39 Å². The second-order valence-corrected chi connectivity index (χ2v) is 6.54. The summed E-state index contributed by atoms with van der Waals surface area (Å²) in [5.41, 5.74) is -0.0801. The van der Waals surface area contributed by atoms with Crippen LogP contribution in [0.3, 0.4) is 0 Å². The number of hydrogen-bond donors (Lipinski definition) is 2. The Morgan fingerprint density at radius 2 is 1.71 bits per heavy atom. The van der Waals surface area contributed by atoms with Crippen molar-refractivity contribution in [2.45, 2.75) is 55.9 Å². The van der Waals surface area contributed by atoms with Crippen LogP contribution in [-0.2, 0) is 10.2 Å². The summed E-state index contributed by atoms with van der Waals surface area (Å²) >= 11 is 0. The summed E-state index contributed by atoms with van der Waals surface area (Å²) < 4.78 is 13.1. The number of nitrogens with one attached hydrogen (secondary N) is 1. The van der Waals surface area contributed by atoms with E-state index in [2.05, 4.69) is 5.32 Å². The number of amides is 1. The zero-order valence-electron chi connectivity index (χ0n) is 12.2. The summed E-state index contributed by atoms with van der Waals surface area (Å²) in [6, 6.07) is 6.22. The molecule has 21 heavy (non-hydrogen) atoms. The zero-order valence-corrected chi connectivity index (χ0v) is 12.2. The smallest absolute Gasteiger partial charge is 0.231 e. The molecule has 0 saturated heterocycles. The van der Waals surface area contributed by atoms with E-state index in [0.717, 1.165) is 44.1 Å². The minimum Gasteiger partial charge on any atom is -0.394 e. The van der Waals surface area contributed by atoms with Crippen molar-refractivity contribution in [1.82, 2.24) is 5.32 Å². The number of halogens is 1. The Kier molecular flexibility index (Phi) is 3.74. The zero-order chi connectivity index (χ0) is 14.9. The summed E-state index contributed by atoms with van der Waals surface area (Å²) in [6.45, 7) is -0.00175. The molecule has 0 atom stereocenters. The molecule has 0 heterocycles. The molecule has 1 amide bonds. The highest BCUT2D eigenvalue weighted by Gasteiger charge is 2.53. The topological polar surface area (TPSA) is 49.3 Å². The van der Waals surface area contributed by atoms with Crippen LogP contribution in [0.2, 0.25) is 0 Å². The molecule has 3 nitrogen and oxygen atoms in total. The van der Waals surface area contributed by atoms with E-state index in [9.17, 15) is 14.3 Å². The second-order valence-electron chi connectivity index (χ2n) is 6.54. The lowest BCUT2D eigenvalue weighted by Crippen LogP contribution is -2.55. The van der Waals surface area contributed by atoms with E-state index in [4.69, 9.17) is 0 Å². The maximum atomic E-state index is 13.1. The molecule has 1 aromatic carbocycles. The fourth-order valence-corrected chi connectivity index (χ4v) is 3.45. The van der Waals surface area contributed by atoms with Gasteiger partial charge in [0, 0.05) is 0 Å². The van der Waals surface area contributed by atoms with Gasteiger partial charge in [0.05, 0.1) is 17.6 Å². The predicted molar refractivity (Wildman–Crippen MR) is 78.4 cm³/mol. The third-order valence-corrected chi connectivity index (χ3v) is 5.07. The molecule has 0 unspecified atom stereocenters. The molecule has 0 spiro atoms. The molecule has 0 aromatic heterocycles. The van der Waals surface area contributed by atoms with Crippen LogP contribution in [0.1, 0.15) is 50.5 Å². The average molecular weight is 291 g/mol. The molecule has 0 aliphatic heterocycles. The maximum Gasteiger partial charge on any atom is 0.231 e. The fourth-order valence-electron chi connectivity index (χ4n) is 3.45. The van der Waals surface area contributed by atoms with Crippen LogP contribution in [0, 0.1) is 5.82 Å². The highest BCUT2D eigenvalue weighted by Crippen LogP contribution is 2.49. The van der Waals surface area contributed by atoms with Gasteiger partial charge >= 0.3 is 0 Å². The van der Waals surface area contributed by atoms with E-state index >= 15 is 0 Å². The van der Waals surface area contributed by atoms with Gasteiger partial charge < -0.3 is 10.4 Å². The van der Waals surface area contributed by atoms with Crippen molar-refractivity contribution in [3.05, 3.63) is 35.6 Å². The van der Waals surface area contributed by atoms with Gasteiger partial charge in [-0.15, -0.1) is 0 Å². The average Bonchev–Trinajstić information content (AvgIpc) is 3.31. The largest absolute Gasteiger partial charge is 0.394 e. The van der Waals surface area contributed by atoms with Gasteiger partial charge in [-0.3, -0.25) is 4.79 Å². The molecule has 0 radical (unpaired) electrons. The van der Waals surface area contributed by atoms with E-state index in [1.165, 1.54) is 18.6 Å². The third kappa shape index (κ3) is 2.69. The Morgan fingerprint density at radius 1 is 1.10 bits per heavy atom. The van der Waals surface area contributed by atoms with Crippen molar-refractivity contribution >= 4 is 5.91 Å². The van der Waals surface area contributed by atoms with Crippen LogP contribution >= 0.6 is 0 Å². The molecule has 2 N–H and O–H groups in total. The number of hydrogen-bond acceptors (Lipinski definition) is 2. The van der Waals surface area contributed by atoms with E-state index in [1.807, 2.05) is 0 Å². The van der Waals surface area contributed by atoms with Crippen molar-refractivity contribution in [3.8, 4) is 0 Å². The highest BCUT2D eigenvalue weighted by molar-refractivity contribution is 5.91. The normalized spacial score (nSPS) is 22.6. The van der Waals surface area contributed by atoms with Crippen molar-refractivity contribution in [3.63, 3.8) is 0 Å². The molecule has 0 bridgehead atoms. The SMILES string of the molecule is O=C(NC1(CO)CCCCC1)C1(c2ccc(F)cc2)CC1. The van der Waals surface area contributed by atoms with Crippen molar-refractivity contribution in [2.24, 2.45) is 0 Å². The van der Waals surface area contributed by atoms with Crippen molar-refractivity contribution in [2.75, 3.05) is 6.61 Å². The minimum absolute atomic E-state index is 0.00175.